The summed E-state index contributed by atoms with van der Waals surface area (Å²) in [5.74, 6) is 7.36. The Kier molecular flexibility index (Phi) is 5.19. The maximum Gasteiger partial charge on any atom is 0.293 e. The standard InChI is InChI=1S/C25H25N9O/c1-2-3-13-32-23-20(30-25(32)31-12-6-7-17(26)15-31)14-28-33(24(23)35)16-22-29-19-9-5-4-8-18(19)21-10-11-27-34(21)22/h4-5,8-11,14,17H,6-7,12-13,15-16,26H2,1H3. The van der Waals surface area contributed by atoms with Crippen LogP contribution in [0.4, 0.5) is 5.95 Å². The Hall–Kier alpha value is -4.23. The van der Waals surface area contributed by atoms with E-state index in [9.17, 15) is 4.79 Å². The van der Waals surface area contributed by atoms with Gasteiger partial charge < -0.3 is 10.6 Å². The largest absolute Gasteiger partial charge is 0.341 e. The van der Waals surface area contributed by atoms with Gasteiger partial charge in [-0.05, 0) is 31.9 Å². The number of rotatable bonds is 4. The summed E-state index contributed by atoms with van der Waals surface area (Å²) in [4.78, 5) is 25.4. The highest BCUT2D eigenvalue weighted by Gasteiger charge is 2.24. The number of imidazole rings is 1. The molecular weight excluding hydrogens is 442 g/mol. The molecule has 0 radical (unpaired) electrons. The van der Waals surface area contributed by atoms with Crippen molar-refractivity contribution in [3.8, 4) is 11.8 Å². The van der Waals surface area contributed by atoms with Crippen molar-refractivity contribution < 1.29 is 0 Å². The molecule has 1 saturated heterocycles. The van der Waals surface area contributed by atoms with Crippen LogP contribution in [0.2, 0.25) is 0 Å². The summed E-state index contributed by atoms with van der Waals surface area (Å²) >= 11 is 0. The van der Waals surface area contributed by atoms with Crippen LogP contribution in [0.5, 0.6) is 0 Å². The van der Waals surface area contributed by atoms with Crippen LogP contribution in [-0.4, -0.2) is 53.1 Å². The summed E-state index contributed by atoms with van der Waals surface area (Å²) in [5.41, 5.74) is 8.79. The zero-order chi connectivity index (χ0) is 23.9. The third-order valence-electron chi connectivity index (χ3n) is 6.49. The summed E-state index contributed by atoms with van der Waals surface area (Å²) in [6, 6.07) is 9.93. The number of nitrogens with two attached hydrogens (primary N) is 1. The fraction of sp³-hybridized carbons (Fsp3) is 0.320. The van der Waals surface area contributed by atoms with Crippen LogP contribution in [-0.2, 0) is 13.1 Å². The molecule has 2 N–H and O–H groups in total. The van der Waals surface area contributed by atoms with Gasteiger partial charge in [-0.15, -0.1) is 5.92 Å². The molecule has 4 aromatic heterocycles. The van der Waals surface area contributed by atoms with E-state index in [0.29, 0.717) is 35.9 Å². The van der Waals surface area contributed by atoms with Crippen molar-refractivity contribution in [3.63, 3.8) is 0 Å². The predicted octanol–water partition coefficient (Wildman–Crippen LogP) is 1.79. The molecule has 1 fully saturated rings. The second-order valence-electron chi connectivity index (χ2n) is 8.79. The number of hydrogen-bond acceptors (Lipinski definition) is 7. The third-order valence-corrected chi connectivity index (χ3v) is 6.49. The average Bonchev–Trinajstić information content (AvgIpc) is 3.50. The molecule has 5 aromatic rings. The summed E-state index contributed by atoms with van der Waals surface area (Å²) in [7, 11) is 0. The zero-order valence-corrected chi connectivity index (χ0v) is 19.4. The first kappa shape index (κ1) is 21.3. The number of fused-ring (bicyclic) bond motifs is 4. The monoisotopic (exact) mass is 467 g/mol. The number of nitrogens with zero attached hydrogens (tertiary/aromatic N) is 8. The summed E-state index contributed by atoms with van der Waals surface area (Å²) < 4.78 is 5.08. The Morgan fingerprint density at radius 2 is 2.03 bits per heavy atom. The lowest BCUT2D eigenvalue weighted by Gasteiger charge is -2.31. The fourth-order valence-electron chi connectivity index (χ4n) is 4.85. The van der Waals surface area contributed by atoms with E-state index in [-0.39, 0.29) is 18.1 Å². The Balaban J connectivity index is 1.48. The molecule has 176 valence electrons. The van der Waals surface area contributed by atoms with Crippen molar-refractivity contribution in [1.82, 2.24) is 33.9 Å². The van der Waals surface area contributed by atoms with Gasteiger partial charge in [-0.2, -0.15) is 10.2 Å². The molecule has 10 nitrogen and oxygen atoms in total. The number of benzene rings is 1. The highest BCUT2D eigenvalue weighted by atomic mass is 16.1. The quantitative estimate of drug-likeness (QED) is 0.401. The minimum atomic E-state index is -0.240. The van der Waals surface area contributed by atoms with Gasteiger partial charge in [0, 0.05) is 24.5 Å². The first-order valence-corrected chi connectivity index (χ1v) is 11.7. The lowest BCUT2D eigenvalue weighted by molar-refractivity contribution is 0.496. The SMILES string of the molecule is CC#CCn1c(N2CCCC(N)C2)nc2cnn(Cc3nc4ccccc4c4ccnn34)c(=O)c21. The third kappa shape index (κ3) is 3.61. The van der Waals surface area contributed by atoms with Gasteiger partial charge in [0.2, 0.25) is 5.95 Å². The van der Waals surface area contributed by atoms with Crippen molar-refractivity contribution >= 4 is 33.4 Å². The van der Waals surface area contributed by atoms with Crippen molar-refractivity contribution in [2.75, 3.05) is 18.0 Å². The van der Waals surface area contributed by atoms with Crippen molar-refractivity contribution in [2.24, 2.45) is 5.73 Å². The molecule has 5 heterocycles. The first-order chi connectivity index (χ1) is 17.1. The molecule has 0 saturated carbocycles. The molecule has 0 spiro atoms. The van der Waals surface area contributed by atoms with Gasteiger partial charge in [0.15, 0.2) is 5.82 Å². The van der Waals surface area contributed by atoms with Gasteiger partial charge in [0.25, 0.3) is 5.56 Å². The van der Waals surface area contributed by atoms with E-state index in [2.05, 4.69) is 26.9 Å². The average molecular weight is 468 g/mol. The molecule has 6 rings (SSSR count). The Morgan fingerprint density at radius 1 is 1.14 bits per heavy atom. The molecule has 0 aliphatic carbocycles. The van der Waals surface area contributed by atoms with Crippen molar-refractivity contribution in [1.29, 1.82) is 0 Å². The van der Waals surface area contributed by atoms with Gasteiger partial charge in [-0.3, -0.25) is 9.36 Å². The van der Waals surface area contributed by atoms with E-state index in [1.54, 1.807) is 23.8 Å². The molecule has 35 heavy (non-hydrogen) atoms. The van der Waals surface area contributed by atoms with Gasteiger partial charge in [-0.25, -0.2) is 19.2 Å². The van der Waals surface area contributed by atoms with Crippen LogP contribution < -0.4 is 16.2 Å². The molecule has 10 heteroatoms. The molecule has 0 amide bonds. The van der Waals surface area contributed by atoms with E-state index in [1.165, 1.54) is 4.68 Å². The molecule has 1 unspecified atom stereocenters. The van der Waals surface area contributed by atoms with Crippen LogP contribution in [0.25, 0.3) is 27.5 Å². The van der Waals surface area contributed by atoms with Crippen LogP contribution in [0, 0.1) is 11.8 Å². The zero-order valence-electron chi connectivity index (χ0n) is 19.4. The van der Waals surface area contributed by atoms with Gasteiger partial charge >= 0.3 is 0 Å². The Labute approximate surface area is 201 Å². The van der Waals surface area contributed by atoms with Crippen LogP contribution >= 0.6 is 0 Å². The van der Waals surface area contributed by atoms with E-state index >= 15 is 0 Å². The summed E-state index contributed by atoms with van der Waals surface area (Å²) in [5, 5.41) is 9.88. The van der Waals surface area contributed by atoms with E-state index < -0.39 is 0 Å². The maximum absolute atomic E-state index is 13.7. The topological polar surface area (TPSA) is 112 Å². The summed E-state index contributed by atoms with van der Waals surface area (Å²) in [6.45, 7) is 3.87. The van der Waals surface area contributed by atoms with E-state index in [0.717, 1.165) is 35.8 Å². The van der Waals surface area contributed by atoms with Crippen LogP contribution in [0.1, 0.15) is 25.6 Å². The second-order valence-corrected chi connectivity index (χ2v) is 8.79. The minimum absolute atomic E-state index is 0.0829. The van der Waals surface area contributed by atoms with Gasteiger partial charge in [-0.1, -0.05) is 24.1 Å². The highest BCUT2D eigenvalue weighted by Crippen LogP contribution is 2.23. The molecule has 1 atom stereocenters. The number of hydrogen-bond donors (Lipinski definition) is 1. The minimum Gasteiger partial charge on any atom is -0.341 e. The second kappa shape index (κ2) is 8.52. The number of para-hydroxylation sites is 1. The molecule has 0 bridgehead atoms. The lowest BCUT2D eigenvalue weighted by atomic mass is 10.1. The smallest absolute Gasteiger partial charge is 0.293 e. The fourth-order valence-corrected chi connectivity index (χ4v) is 4.85. The number of aromatic nitrogens is 7. The normalized spacial score (nSPS) is 16.2. The predicted molar refractivity (Wildman–Crippen MR) is 134 cm³/mol. The first-order valence-electron chi connectivity index (χ1n) is 11.7. The van der Waals surface area contributed by atoms with Crippen molar-refractivity contribution in [2.45, 2.75) is 38.9 Å². The summed E-state index contributed by atoms with van der Waals surface area (Å²) in [6.07, 6.45) is 5.35. The highest BCUT2D eigenvalue weighted by molar-refractivity contribution is 5.93. The molecule has 1 aromatic carbocycles. The van der Waals surface area contributed by atoms with Crippen molar-refractivity contribution in [3.05, 3.63) is 58.9 Å². The van der Waals surface area contributed by atoms with Crippen LogP contribution in [0.15, 0.2) is 47.5 Å². The molecule has 1 aliphatic heterocycles. The lowest BCUT2D eigenvalue weighted by Crippen LogP contribution is -2.44. The Morgan fingerprint density at radius 3 is 2.89 bits per heavy atom. The molecule has 1 aliphatic rings. The van der Waals surface area contributed by atoms with Crippen LogP contribution in [0.3, 0.4) is 0 Å². The molecular formula is C25H25N9O. The van der Waals surface area contributed by atoms with E-state index in [1.807, 2.05) is 34.9 Å². The van der Waals surface area contributed by atoms with Gasteiger partial charge in [0.05, 0.1) is 30.0 Å². The Bertz CT molecular complexity index is 1680. The van der Waals surface area contributed by atoms with Gasteiger partial charge in [0.1, 0.15) is 17.6 Å². The number of piperidine rings is 1. The number of anilines is 1. The van der Waals surface area contributed by atoms with E-state index in [4.69, 9.17) is 15.7 Å². The maximum atomic E-state index is 13.7.